The van der Waals surface area contributed by atoms with Crippen LogP contribution in [0, 0.1) is 11.6 Å². The van der Waals surface area contributed by atoms with E-state index in [9.17, 15) is 8.78 Å². The van der Waals surface area contributed by atoms with Crippen molar-refractivity contribution >= 4 is 0 Å². The highest BCUT2D eigenvalue weighted by Gasteiger charge is 2.34. The lowest BCUT2D eigenvalue weighted by Gasteiger charge is -2.28. The minimum atomic E-state index is -0.537. The topological polar surface area (TPSA) is 29.3 Å². The third-order valence-electron chi connectivity index (χ3n) is 3.36. The maximum absolute atomic E-state index is 13.8. The molecule has 2 nitrogen and oxygen atoms in total. The van der Waals surface area contributed by atoms with E-state index in [0.717, 1.165) is 19.0 Å². The van der Waals surface area contributed by atoms with Gasteiger partial charge >= 0.3 is 0 Å². The number of halogens is 2. The fourth-order valence-corrected chi connectivity index (χ4v) is 2.54. The molecular weight excluding hydrogens is 222 g/mol. The number of nitrogens with zero attached hydrogens (tertiary/aromatic N) is 1. The van der Waals surface area contributed by atoms with Crippen LogP contribution in [0.1, 0.15) is 31.9 Å². The molecule has 0 bridgehead atoms. The molecule has 2 unspecified atom stereocenters. The minimum absolute atomic E-state index is 0.0365. The molecule has 2 rings (SSSR count). The molecule has 1 fully saturated rings. The van der Waals surface area contributed by atoms with Crippen molar-refractivity contribution in [2.24, 2.45) is 5.73 Å². The first kappa shape index (κ1) is 12.5. The fraction of sp³-hybridized carbons (Fsp3) is 0.538. The number of benzene rings is 1. The monoisotopic (exact) mass is 240 g/mol. The molecule has 1 aromatic carbocycles. The average molecular weight is 240 g/mol. The average Bonchev–Trinajstić information content (AvgIpc) is 2.60. The summed E-state index contributed by atoms with van der Waals surface area (Å²) in [4.78, 5) is 2.17. The Labute approximate surface area is 100 Å². The van der Waals surface area contributed by atoms with Crippen LogP contribution in [0.25, 0.3) is 0 Å². The van der Waals surface area contributed by atoms with Crippen molar-refractivity contribution in [2.45, 2.75) is 38.4 Å². The first-order chi connectivity index (χ1) is 7.99. The fourth-order valence-electron chi connectivity index (χ4n) is 2.54. The highest BCUT2D eigenvalue weighted by molar-refractivity contribution is 5.24. The van der Waals surface area contributed by atoms with Gasteiger partial charge in [0.2, 0.25) is 0 Å². The maximum atomic E-state index is 13.8. The van der Waals surface area contributed by atoms with Gasteiger partial charge in [0, 0.05) is 36.3 Å². The van der Waals surface area contributed by atoms with E-state index in [0.29, 0.717) is 11.6 Å². The van der Waals surface area contributed by atoms with E-state index in [1.807, 2.05) is 0 Å². The van der Waals surface area contributed by atoms with Crippen LogP contribution >= 0.6 is 0 Å². The van der Waals surface area contributed by atoms with Crippen LogP contribution in [-0.2, 0) is 0 Å². The van der Waals surface area contributed by atoms with Crippen molar-refractivity contribution in [2.75, 3.05) is 6.54 Å². The molecule has 4 heteroatoms. The summed E-state index contributed by atoms with van der Waals surface area (Å²) in [6.07, 6.45) is 0.723. The van der Waals surface area contributed by atoms with Gasteiger partial charge in [-0.15, -0.1) is 0 Å². The molecule has 0 saturated carbocycles. The molecule has 1 saturated heterocycles. The quantitative estimate of drug-likeness (QED) is 0.860. The number of nitrogens with two attached hydrogens (primary N) is 1. The normalized spacial score (nSPS) is 25.8. The Morgan fingerprint density at radius 3 is 2.65 bits per heavy atom. The molecular formula is C13H18F2N2. The summed E-state index contributed by atoms with van der Waals surface area (Å²) in [5, 5.41) is 0. The second-order valence-corrected chi connectivity index (χ2v) is 4.97. The SMILES string of the molecule is CC(C)N1CC(N)CC1c1ccc(F)cc1F. The van der Waals surface area contributed by atoms with Crippen molar-refractivity contribution < 1.29 is 8.78 Å². The highest BCUT2D eigenvalue weighted by Crippen LogP contribution is 2.34. The van der Waals surface area contributed by atoms with Gasteiger partial charge in [0.1, 0.15) is 11.6 Å². The smallest absolute Gasteiger partial charge is 0.130 e. The molecule has 0 aliphatic carbocycles. The zero-order valence-electron chi connectivity index (χ0n) is 10.2. The van der Waals surface area contributed by atoms with Crippen LogP contribution in [0.2, 0.25) is 0 Å². The van der Waals surface area contributed by atoms with E-state index < -0.39 is 11.6 Å². The third kappa shape index (κ3) is 2.48. The van der Waals surface area contributed by atoms with Crippen LogP contribution in [0.15, 0.2) is 18.2 Å². The summed E-state index contributed by atoms with van der Waals surface area (Å²) >= 11 is 0. The van der Waals surface area contributed by atoms with Gasteiger partial charge in [-0.2, -0.15) is 0 Å². The maximum Gasteiger partial charge on any atom is 0.130 e. The van der Waals surface area contributed by atoms with E-state index >= 15 is 0 Å². The lowest BCUT2D eigenvalue weighted by atomic mass is 10.0. The van der Waals surface area contributed by atoms with E-state index in [1.165, 1.54) is 12.1 Å². The Hall–Kier alpha value is -1.00. The van der Waals surface area contributed by atoms with Crippen molar-refractivity contribution in [1.29, 1.82) is 0 Å². The van der Waals surface area contributed by atoms with Gasteiger partial charge in [0.05, 0.1) is 0 Å². The predicted molar refractivity (Wildman–Crippen MR) is 63.5 cm³/mol. The van der Waals surface area contributed by atoms with Crippen LogP contribution in [0.5, 0.6) is 0 Å². The Morgan fingerprint density at radius 2 is 2.06 bits per heavy atom. The lowest BCUT2D eigenvalue weighted by Crippen LogP contribution is -2.33. The summed E-state index contributed by atoms with van der Waals surface area (Å²) in [6.45, 7) is 4.89. The number of hydrogen-bond acceptors (Lipinski definition) is 2. The van der Waals surface area contributed by atoms with Gasteiger partial charge in [-0.05, 0) is 26.3 Å². The summed E-state index contributed by atoms with van der Waals surface area (Å²) in [5.41, 5.74) is 6.48. The van der Waals surface area contributed by atoms with Gasteiger partial charge in [-0.1, -0.05) is 6.07 Å². The third-order valence-corrected chi connectivity index (χ3v) is 3.36. The van der Waals surface area contributed by atoms with Gasteiger partial charge in [0.25, 0.3) is 0 Å². The summed E-state index contributed by atoms with van der Waals surface area (Å²) in [5.74, 6) is -1.01. The molecule has 0 radical (unpaired) electrons. The van der Waals surface area contributed by atoms with Crippen LogP contribution < -0.4 is 5.73 Å². The summed E-state index contributed by atoms with van der Waals surface area (Å²) in [6, 6.07) is 4.11. The Balaban J connectivity index is 2.31. The molecule has 1 aliphatic heterocycles. The molecule has 1 aliphatic rings. The number of hydrogen-bond donors (Lipinski definition) is 1. The second kappa shape index (κ2) is 4.70. The van der Waals surface area contributed by atoms with Gasteiger partial charge in [0.15, 0.2) is 0 Å². The first-order valence-corrected chi connectivity index (χ1v) is 5.95. The molecule has 2 N–H and O–H groups in total. The zero-order chi connectivity index (χ0) is 12.6. The molecule has 0 amide bonds. The van der Waals surface area contributed by atoms with E-state index in [4.69, 9.17) is 5.73 Å². The van der Waals surface area contributed by atoms with Crippen molar-refractivity contribution in [1.82, 2.24) is 4.90 Å². The van der Waals surface area contributed by atoms with Gasteiger partial charge < -0.3 is 5.73 Å². The molecule has 0 aromatic heterocycles. The Bertz CT molecular complexity index is 406. The largest absolute Gasteiger partial charge is 0.326 e. The highest BCUT2D eigenvalue weighted by atomic mass is 19.1. The van der Waals surface area contributed by atoms with Crippen LogP contribution in [0.3, 0.4) is 0 Å². The van der Waals surface area contributed by atoms with Crippen LogP contribution in [0.4, 0.5) is 8.78 Å². The van der Waals surface area contributed by atoms with Crippen LogP contribution in [-0.4, -0.2) is 23.5 Å². The zero-order valence-corrected chi connectivity index (χ0v) is 10.2. The van der Waals surface area contributed by atoms with Crippen molar-refractivity contribution in [3.8, 4) is 0 Å². The van der Waals surface area contributed by atoms with Gasteiger partial charge in [-0.3, -0.25) is 4.90 Å². The Morgan fingerprint density at radius 1 is 1.35 bits per heavy atom. The number of rotatable bonds is 2. The standard InChI is InChI=1S/C13H18F2N2/c1-8(2)17-7-10(16)6-13(17)11-4-3-9(14)5-12(11)15/h3-5,8,10,13H,6-7,16H2,1-2H3. The van der Waals surface area contributed by atoms with E-state index in [-0.39, 0.29) is 12.1 Å². The molecule has 94 valence electrons. The Kier molecular flexibility index (Phi) is 3.45. The van der Waals surface area contributed by atoms with Crippen molar-refractivity contribution in [3.63, 3.8) is 0 Å². The molecule has 2 atom stereocenters. The molecule has 0 spiro atoms. The van der Waals surface area contributed by atoms with Crippen molar-refractivity contribution in [3.05, 3.63) is 35.4 Å². The summed E-state index contributed by atoms with van der Waals surface area (Å²) in [7, 11) is 0. The second-order valence-electron chi connectivity index (χ2n) is 4.97. The molecule has 1 heterocycles. The minimum Gasteiger partial charge on any atom is -0.326 e. The molecule has 17 heavy (non-hydrogen) atoms. The van der Waals surface area contributed by atoms with Gasteiger partial charge in [-0.25, -0.2) is 8.78 Å². The summed E-state index contributed by atoms with van der Waals surface area (Å²) < 4.78 is 26.6. The number of likely N-dealkylation sites (tertiary alicyclic amines) is 1. The predicted octanol–water partition coefficient (Wildman–Crippen LogP) is 2.45. The molecule has 1 aromatic rings. The lowest BCUT2D eigenvalue weighted by molar-refractivity contribution is 0.201. The first-order valence-electron chi connectivity index (χ1n) is 5.95. The van der Waals surface area contributed by atoms with E-state index in [2.05, 4.69) is 18.7 Å². The van der Waals surface area contributed by atoms with E-state index in [1.54, 1.807) is 0 Å².